The quantitative estimate of drug-likeness (QED) is 0.771. The molecule has 0 saturated carbocycles. The van der Waals surface area contributed by atoms with E-state index in [1.54, 1.807) is 6.08 Å². The summed E-state index contributed by atoms with van der Waals surface area (Å²) in [5.74, 6) is 0.264. The lowest BCUT2D eigenvalue weighted by Crippen LogP contribution is -2.61. The van der Waals surface area contributed by atoms with Crippen molar-refractivity contribution in [1.29, 1.82) is 0 Å². The molecule has 1 fully saturated rings. The van der Waals surface area contributed by atoms with Crippen LogP contribution in [0.3, 0.4) is 0 Å². The van der Waals surface area contributed by atoms with E-state index in [0.717, 1.165) is 25.0 Å². The van der Waals surface area contributed by atoms with Crippen molar-refractivity contribution in [1.82, 2.24) is 10.6 Å². The molecule has 1 heterocycles. The summed E-state index contributed by atoms with van der Waals surface area (Å²) in [4.78, 5) is 11.2. The average molecular weight is 236 g/mol. The Bertz CT molecular complexity index is 339. The van der Waals surface area contributed by atoms with Gasteiger partial charge < -0.3 is 10.6 Å². The van der Waals surface area contributed by atoms with E-state index in [-0.39, 0.29) is 16.9 Å². The van der Waals surface area contributed by atoms with E-state index in [4.69, 9.17) is 0 Å². The van der Waals surface area contributed by atoms with E-state index in [1.165, 1.54) is 0 Å². The lowest BCUT2D eigenvalue weighted by molar-refractivity contribution is -0.114. The first kappa shape index (κ1) is 12.6. The van der Waals surface area contributed by atoms with Gasteiger partial charge in [-0.05, 0) is 47.0 Å². The van der Waals surface area contributed by atoms with Gasteiger partial charge in [0.15, 0.2) is 5.78 Å². The highest BCUT2D eigenvalue weighted by molar-refractivity contribution is 5.92. The molecule has 1 saturated heterocycles. The zero-order valence-electron chi connectivity index (χ0n) is 11.4. The third-order valence-electron chi connectivity index (χ3n) is 3.56. The number of hydrogen-bond acceptors (Lipinski definition) is 3. The van der Waals surface area contributed by atoms with E-state index in [1.807, 2.05) is 0 Å². The SMILES string of the molecule is CC1(C)CC(NC2=CC(=O)CC2)CC(C)(C)N1. The lowest BCUT2D eigenvalue weighted by atomic mass is 9.79. The molecule has 1 aliphatic carbocycles. The van der Waals surface area contributed by atoms with Crippen LogP contribution in [0.4, 0.5) is 0 Å². The van der Waals surface area contributed by atoms with Crippen LogP contribution in [0.25, 0.3) is 0 Å². The summed E-state index contributed by atoms with van der Waals surface area (Å²) in [6.45, 7) is 8.99. The van der Waals surface area contributed by atoms with Crippen LogP contribution in [-0.4, -0.2) is 22.9 Å². The molecule has 3 heteroatoms. The second kappa shape index (κ2) is 4.13. The Morgan fingerprint density at radius 3 is 2.24 bits per heavy atom. The minimum Gasteiger partial charge on any atom is -0.385 e. The highest BCUT2D eigenvalue weighted by atomic mass is 16.1. The molecule has 0 aromatic rings. The summed E-state index contributed by atoms with van der Waals surface area (Å²) in [6, 6.07) is 0.471. The van der Waals surface area contributed by atoms with Crippen LogP contribution in [0.2, 0.25) is 0 Å². The van der Waals surface area contributed by atoms with Crippen LogP contribution in [0, 0.1) is 0 Å². The third kappa shape index (κ3) is 3.32. The van der Waals surface area contributed by atoms with Gasteiger partial charge in [0.2, 0.25) is 0 Å². The minimum atomic E-state index is 0.155. The fourth-order valence-electron chi connectivity index (χ4n) is 3.40. The van der Waals surface area contributed by atoms with E-state index < -0.39 is 0 Å². The first-order valence-corrected chi connectivity index (χ1v) is 6.55. The molecule has 0 spiro atoms. The smallest absolute Gasteiger partial charge is 0.157 e. The maximum absolute atomic E-state index is 11.2. The molecule has 17 heavy (non-hydrogen) atoms. The topological polar surface area (TPSA) is 41.1 Å². The van der Waals surface area contributed by atoms with Crippen molar-refractivity contribution in [2.45, 2.75) is 70.5 Å². The molecule has 0 aromatic carbocycles. The van der Waals surface area contributed by atoms with Crippen LogP contribution >= 0.6 is 0 Å². The van der Waals surface area contributed by atoms with Crippen molar-refractivity contribution in [2.24, 2.45) is 0 Å². The second-order valence-corrected chi connectivity index (χ2v) is 6.78. The van der Waals surface area contributed by atoms with Crippen molar-refractivity contribution in [3.63, 3.8) is 0 Å². The lowest BCUT2D eigenvalue weighted by Gasteiger charge is -2.47. The molecular weight excluding hydrogens is 212 g/mol. The maximum atomic E-state index is 11.2. The predicted molar refractivity (Wildman–Crippen MR) is 69.8 cm³/mol. The zero-order valence-corrected chi connectivity index (χ0v) is 11.4. The normalized spacial score (nSPS) is 28.0. The molecule has 3 nitrogen and oxygen atoms in total. The molecule has 0 radical (unpaired) electrons. The fraction of sp³-hybridized carbons (Fsp3) is 0.786. The Hall–Kier alpha value is -0.830. The zero-order chi connectivity index (χ0) is 12.7. The highest BCUT2D eigenvalue weighted by Crippen LogP contribution is 2.29. The average Bonchev–Trinajstić information content (AvgIpc) is 2.44. The molecule has 0 bridgehead atoms. The molecule has 2 aliphatic rings. The van der Waals surface area contributed by atoms with Gasteiger partial charge in [0.25, 0.3) is 0 Å². The van der Waals surface area contributed by atoms with Gasteiger partial charge in [-0.25, -0.2) is 0 Å². The third-order valence-corrected chi connectivity index (χ3v) is 3.56. The Morgan fingerprint density at radius 1 is 1.18 bits per heavy atom. The summed E-state index contributed by atoms with van der Waals surface area (Å²) < 4.78 is 0. The molecular formula is C14H24N2O. The number of carbonyl (C=O) groups excluding carboxylic acids is 1. The van der Waals surface area contributed by atoms with Crippen LogP contribution in [0.5, 0.6) is 0 Å². The Balaban J connectivity index is 2.01. The van der Waals surface area contributed by atoms with Gasteiger partial charge in [-0.15, -0.1) is 0 Å². The van der Waals surface area contributed by atoms with Crippen LogP contribution < -0.4 is 10.6 Å². The Labute approximate surface area is 104 Å². The number of nitrogens with one attached hydrogen (secondary N) is 2. The maximum Gasteiger partial charge on any atom is 0.157 e. The molecule has 0 aromatic heterocycles. The minimum absolute atomic E-state index is 0.155. The molecule has 0 amide bonds. The van der Waals surface area contributed by atoms with E-state index in [0.29, 0.717) is 12.5 Å². The van der Waals surface area contributed by atoms with E-state index in [2.05, 4.69) is 38.3 Å². The predicted octanol–water partition coefficient (Wildman–Crippen LogP) is 2.13. The van der Waals surface area contributed by atoms with Gasteiger partial charge in [-0.1, -0.05) is 0 Å². The Morgan fingerprint density at radius 2 is 1.76 bits per heavy atom. The molecule has 0 atom stereocenters. The molecule has 2 rings (SSSR count). The summed E-state index contributed by atoms with van der Waals surface area (Å²) >= 11 is 0. The number of carbonyl (C=O) groups is 1. The summed E-state index contributed by atoms with van der Waals surface area (Å²) in [6.07, 6.45) is 5.55. The molecule has 0 unspecified atom stereocenters. The van der Waals surface area contributed by atoms with Crippen molar-refractivity contribution in [3.8, 4) is 0 Å². The van der Waals surface area contributed by atoms with Gasteiger partial charge >= 0.3 is 0 Å². The van der Waals surface area contributed by atoms with Crippen LogP contribution in [-0.2, 0) is 4.79 Å². The van der Waals surface area contributed by atoms with Gasteiger partial charge in [0.05, 0.1) is 0 Å². The van der Waals surface area contributed by atoms with Crippen molar-refractivity contribution < 1.29 is 4.79 Å². The summed E-state index contributed by atoms with van der Waals surface area (Å²) in [5.41, 5.74) is 1.44. The standard InChI is InChI=1S/C14H24N2O/c1-13(2)8-11(9-14(3,4)16-13)15-10-5-6-12(17)7-10/h7,11,15-16H,5-6,8-9H2,1-4H3. The number of hydrogen-bond donors (Lipinski definition) is 2. The first-order chi connectivity index (χ1) is 7.76. The van der Waals surface area contributed by atoms with Crippen molar-refractivity contribution >= 4 is 5.78 Å². The van der Waals surface area contributed by atoms with Crippen LogP contribution in [0.15, 0.2) is 11.8 Å². The summed E-state index contributed by atoms with van der Waals surface area (Å²) in [7, 11) is 0. The molecule has 96 valence electrons. The molecule has 2 N–H and O–H groups in total. The monoisotopic (exact) mass is 236 g/mol. The number of allylic oxidation sites excluding steroid dienone is 2. The summed E-state index contributed by atoms with van der Waals surface area (Å²) in [5, 5.41) is 7.23. The van der Waals surface area contributed by atoms with Crippen molar-refractivity contribution in [2.75, 3.05) is 0 Å². The van der Waals surface area contributed by atoms with Crippen LogP contribution in [0.1, 0.15) is 53.4 Å². The van der Waals surface area contributed by atoms with Gasteiger partial charge in [-0.3, -0.25) is 4.79 Å². The highest BCUT2D eigenvalue weighted by Gasteiger charge is 2.37. The number of rotatable bonds is 2. The van der Waals surface area contributed by atoms with Gasteiger partial charge in [0.1, 0.15) is 0 Å². The first-order valence-electron chi connectivity index (χ1n) is 6.55. The largest absolute Gasteiger partial charge is 0.385 e. The molecule has 1 aliphatic heterocycles. The number of ketones is 1. The second-order valence-electron chi connectivity index (χ2n) is 6.78. The van der Waals surface area contributed by atoms with Crippen molar-refractivity contribution in [3.05, 3.63) is 11.8 Å². The van der Waals surface area contributed by atoms with E-state index >= 15 is 0 Å². The number of piperidine rings is 1. The fourth-order valence-corrected chi connectivity index (χ4v) is 3.40. The van der Waals surface area contributed by atoms with Gasteiger partial charge in [-0.2, -0.15) is 0 Å². The van der Waals surface area contributed by atoms with Gasteiger partial charge in [0, 0.05) is 35.3 Å². The van der Waals surface area contributed by atoms with E-state index in [9.17, 15) is 4.79 Å². The Kier molecular flexibility index (Phi) is 3.06.